The molecule has 1 heterocycles. The van der Waals surface area contributed by atoms with E-state index < -0.39 is 0 Å². The van der Waals surface area contributed by atoms with Crippen molar-refractivity contribution in [2.45, 2.75) is 0 Å². The van der Waals surface area contributed by atoms with E-state index in [0.717, 1.165) is 11.2 Å². The molecule has 0 fully saturated rings. The maximum Gasteiger partial charge on any atom is 0.143 e. The molecule has 0 spiro atoms. The van der Waals surface area contributed by atoms with E-state index in [4.69, 9.17) is 4.42 Å². The molecule has 0 bridgehead atoms. The van der Waals surface area contributed by atoms with E-state index in [1.165, 1.54) is 262 Å². The Labute approximate surface area is 509 Å². The largest absolute Gasteiger partial charge is 0.456 e. The van der Waals surface area contributed by atoms with Gasteiger partial charge in [0.2, 0.25) is 0 Å². The fraction of sp³-hybridized carbons (Fsp3) is 0. The number of rotatable bonds is 3. The SMILES string of the molecule is Bc1c(B)c(-c2c3c(B)c(B)c(B)c(B)c3c(-c3c(B)c(B)c(-c4c(B)c(B)c(B)c5c(B)c(B)c(B)c(B)c45)c4c(B)c(B)c(B)c(B)c34)c3c(B)c(B)c(B)c(B)c23)c2c(oc3c4c(B)c(B)c(B)c(B)c4c(B)c(B)c32)c1B. The average Bonchev–Trinajstić information content (AvgIpc) is 3.89. The molecule has 0 amide bonds. The van der Waals surface area contributed by atoms with Crippen molar-refractivity contribution in [2.75, 3.05) is 0 Å². The first-order valence-electron chi connectivity index (χ1n) is 30.2. The molecular weight excluding hydrogens is 941 g/mol. The van der Waals surface area contributed by atoms with Gasteiger partial charge in [0.05, 0.1) is 0 Å². The van der Waals surface area contributed by atoms with Crippen LogP contribution in [0.5, 0.6) is 0 Å². The second-order valence-corrected chi connectivity index (χ2v) is 26.3. The molecule has 0 unspecified atom stereocenters. The monoisotopic (exact) mass is 1010 g/mol. The quantitative estimate of drug-likeness (QED) is 0.127. The normalized spacial score (nSPS) is 12.0. The van der Waals surface area contributed by atoms with Crippen molar-refractivity contribution in [3.8, 4) is 33.4 Å². The summed E-state index contributed by atoms with van der Waals surface area (Å²) in [6, 6.07) is 0. The highest BCUT2D eigenvalue weighted by molar-refractivity contribution is 6.78. The molecule has 1 nitrogen and oxygen atoms in total. The van der Waals surface area contributed by atoms with E-state index in [1.54, 1.807) is 0 Å². The van der Waals surface area contributed by atoms with E-state index in [0.29, 0.717) is 0 Å². The molecule has 0 aliphatic heterocycles. The summed E-state index contributed by atoms with van der Waals surface area (Å²) >= 11 is 0. The second-order valence-electron chi connectivity index (χ2n) is 26.3. The van der Waals surface area contributed by atoms with Gasteiger partial charge in [-0.15, -0.1) is 60.1 Å². The zero-order valence-electron chi connectivity index (χ0n) is 55.4. The molecule has 1 aromatic heterocycles. The van der Waals surface area contributed by atoms with Gasteiger partial charge in [0.15, 0.2) is 0 Å². The van der Waals surface area contributed by atoms with Gasteiger partial charge < -0.3 is 4.42 Å². The van der Waals surface area contributed by atoms with Crippen molar-refractivity contribution in [3.63, 3.8) is 0 Å². The van der Waals surface area contributed by atoms with Gasteiger partial charge in [-0.05, 0) is 81.9 Å². The third-order valence-electron chi connectivity index (χ3n) is 23.7. The molecule has 81 heavy (non-hydrogen) atoms. The minimum atomic E-state index is 1.02. The average molecular weight is 1000 g/mol. The highest BCUT2D eigenvalue weighted by atomic mass is 16.3. The van der Waals surface area contributed by atoms with Crippen LogP contribution < -0.4 is 164 Å². The number of furan rings is 1. The van der Waals surface area contributed by atoms with Gasteiger partial charge in [0, 0.05) is 16.2 Å². The standard InChI is InChI=1S/C50H60B30O/c51-19-7(9-11(28(60)42(74)41(73)27(9)59)10(20(19)52)12-13-15(31(63)36(68)26(12)58)32(64)44(76)43(75)29(13)61)1-3-5(23(55)39(71)37(69)21(3)53)2(6-4(1)22(54)38(70)40(72)24(6)56)8-14-17-34(66)30(62)16-18(35(67)46(78)45(77)33(16)65)49(17)81-50(14)48(80)47(79)25(8)57/h51-80H2. The third-order valence-corrected chi connectivity index (χ3v) is 23.7. The molecule has 356 valence electrons. The van der Waals surface area contributed by atoms with Gasteiger partial charge >= 0.3 is 0 Å². The summed E-state index contributed by atoms with van der Waals surface area (Å²) in [5, 5.41) is 16.3. The molecule has 10 aromatic carbocycles. The lowest BCUT2D eigenvalue weighted by atomic mass is 9.55. The summed E-state index contributed by atoms with van der Waals surface area (Å²) in [5.74, 6) is 0. The van der Waals surface area contributed by atoms with Crippen LogP contribution in [0.15, 0.2) is 4.42 Å². The van der Waals surface area contributed by atoms with Gasteiger partial charge in [-0.1, -0.05) is 104 Å². The zero-order valence-corrected chi connectivity index (χ0v) is 55.4. The maximum atomic E-state index is 7.62. The summed E-state index contributed by atoms with van der Waals surface area (Å²) in [4.78, 5) is 0. The first kappa shape index (κ1) is 58.0. The van der Waals surface area contributed by atoms with Gasteiger partial charge in [-0.2, -0.15) is 0 Å². The molecule has 0 saturated heterocycles. The number of hydrogen-bond donors (Lipinski definition) is 0. The predicted molar refractivity (Wildman–Crippen MR) is 463 cm³/mol. The van der Waals surface area contributed by atoms with Crippen molar-refractivity contribution in [1.29, 1.82) is 0 Å². The summed E-state index contributed by atoms with van der Waals surface area (Å²) < 4.78 is 7.62. The molecule has 0 aliphatic rings. The second kappa shape index (κ2) is 19.4. The summed E-state index contributed by atoms with van der Waals surface area (Å²) in [6.45, 7) is 0. The van der Waals surface area contributed by atoms with Crippen LogP contribution in [0.3, 0.4) is 0 Å². The molecule has 0 atom stereocenters. The van der Waals surface area contributed by atoms with Gasteiger partial charge in [-0.3, -0.25) is 0 Å². The Morgan fingerprint density at radius 1 is 0.111 bits per heavy atom. The maximum absolute atomic E-state index is 7.62. The Kier molecular flexibility index (Phi) is 13.9. The molecule has 11 aromatic rings. The lowest BCUT2D eigenvalue weighted by Crippen LogP contribution is -2.53. The van der Waals surface area contributed by atoms with E-state index in [-0.39, 0.29) is 0 Å². The molecule has 0 saturated carbocycles. The Balaban J connectivity index is 1.48. The van der Waals surface area contributed by atoms with E-state index in [9.17, 15) is 0 Å². The molecular formula is C50H60B30O. The third kappa shape index (κ3) is 7.30. The van der Waals surface area contributed by atoms with Crippen molar-refractivity contribution in [2.24, 2.45) is 0 Å². The predicted octanol–water partition coefficient (Wildman–Crippen LogP) is -37.9. The Bertz CT molecular complexity index is 4840. The van der Waals surface area contributed by atoms with Crippen LogP contribution in [0.25, 0.3) is 109 Å². The molecule has 0 radical (unpaired) electrons. The molecule has 11 rings (SSSR count). The first-order valence-corrected chi connectivity index (χ1v) is 30.2. The van der Waals surface area contributed by atoms with Crippen LogP contribution in [-0.2, 0) is 0 Å². The topological polar surface area (TPSA) is 13.1 Å². The Morgan fingerprint density at radius 3 is 0.593 bits per heavy atom. The number of benzene rings is 10. The fourth-order valence-corrected chi connectivity index (χ4v) is 16.2. The van der Waals surface area contributed by atoms with E-state index in [2.05, 4.69) is 235 Å². The number of fused-ring (bicyclic) bond motifs is 9. The van der Waals surface area contributed by atoms with Crippen LogP contribution in [-0.4, -0.2) is 235 Å². The smallest absolute Gasteiger partial charge is 0.143 e. The van der Waals surface area contributed by atoms with Crippen LogP contribution in [0.1, 0.15) is 0 Å². The van der Waals surface area contributed by atoms with Crippen LogP contribution >= 0.6 is 0 Å². The van der Waals surface area contributed by atoms with Crippen molar-refractivity contribution in [1.82, 2.24) is 0 Å². The molecule has 31 heteroatoms. The first-order chi connectivity index (χ1) is 37.8. The Hall–Kier alpha value is -4.75. The number of hydrogen-bond acceptors (Lipinski definition) is 1. The van der Waals surface area contributed by atoms with Crippen molar-refractivity contribution < 1.29 is 4.42 Å². The summed E-state index contributed by atoms with van der Waals surface area (Å²) in [7, 11) is 71.6. The summed E-state index contributed by atoms with van der Waals surface area (Å²) in [6.07, 6.45) is 0. The minimum Gasteiger partial charge on any atom is -0.456 e. The lowest BCUT2D eigenvalue weighted by molar-refractivity contribution is 0.676. The fourth-order valence-electron chi connectivity index (χ4n) is 16.2. The van der Waals surface area contributed by atoms with Crippen LogP contribution in [0, 0.1) is 0 Å². The lowest BCUT2D eigenvalue weighted by Gasteiger charge is -2.33. The van der Waals surface area contributed by atoms with Gasteiger partial charge in [0.1, 0.15) is 247 Å². The van der Waals surface area contributed by atoms with E-state index in [1.807, 2.05) is 0 Å². The van der Waals surface area contributed by atoms with Crippen LogP contribution in [0.2, 0.25) is 0 Å². The molecule has 0 aliphatic carbocycles. The Morgan fingerprint density at radius 2 is 0.272 bits per heavy atom. The van der Waals surface area contributed by atoms with Gasteiger partial charge in [0.25, 0.3) is 0 Å². The zero-order chi connectivity index (χ0) is 59.6. The summed E-state index contributed by atoms with van der Waals surface area (Å²) in [5.41, 5.74) is 51.3. The molecule has 0 N–H and O–H groups in total. The van der Waals surface area contributed by atoms with Gasteiger partial charge in [-0.25, -0.2) is 0 Å². The highest BCUT2D eigenvalue weighted by Crippen LogP contribution is 2.45. The minimum absolute atomic E-state index is 1.02. The van der Waals surface area contributed by atoms with Crippen molar-refractivity contribution in [3.05, 3.63) is 0 Å². The van der Waals surface area contributed by atoms with E-state index >= 15 is 0 Å². The van der Waals surface area contributed by atoms with Crippen LogP contribution in [0.4, 0.5) is 0 Å². The highest BCUT2D eigenvalue weighted by Gasteiger charge is 2.34. The van der Waals surface area contributed by atoms with Crippen molar-refractivity contribution >= 4 is 475 Å².